The van der Waals surface area contributed by atoms with Gasteiger partial charge in [-0.3, -0.25) is 14.2 Å². The Bertz CT molecular complexity index is 942. The van der Waals surface area contributed by atoms with Crippen LogP contribution in [-0.4, -0.2) is 63.2 Å². The Morgan fingerprint density at radius 1 is 1.32 bits per heavy atom. The summed E-state index contributed by atoms with van der Waals surface area (Å²) >= 11 is 2.90. The summed E-state index contributed by atoms with van der Waals surface area (Å²) in [6, 6.07) is 0. The molecule has 0 spiro atoms. The molecule has 0 saturated carbocycles. The number of hydrogen-bond acceptors (Lipinski definition) is 6. The maximum absolute atomic E-state index is 13.1. The Morgan fingerprint density at radius 3 is 2.61 bits per heavy atom. The molecule has 152 valence electrons. The van der Waals surface area contributed by atoms with E-state index in [2.05, 4.69) is 18.4 Å². The van der Waals surface area contributed by atoms with Crippen LogP contribution in [0.3, 0.4) is 0 Å². The monoisotopic (exact) mass is 420 g/mol. The topological polar surface area (TPSA) is 58.4 Å². The van der Waals surface area contributed by atoms with E-state index in [0.29, 0.717) is 17.1 Å². The second-order valence-electron chi connectivity index (χ2n) is 7.08. The molecule has 2 aromatic heterocycles. The number of fused-ring (bicyclic) bond motifs is 1. The van der Waals surface area contributed by atoms with Crippen LogP contribution in [0.4, 0.5) is 0 Å². The highest BCUT2D eigenvalue weighted by atomic mass is 32.2. The summed E-state index contributed by atoms with van der Waals surface area (Å²) in [7, 11) is 0. The van der Waals surface area contributed by atoms with Gasteiger partial charge in [0.15, 0.2) is 5.16 Å². The molecule has 1 aliphatic rings. The van der Waals surface area contributed by atoms with Gasteiger partial charge in [0, 0.05) is 37.6 Å². The van der Waals surface area contributed by atoms with Crippen LogP contribution < -0.4 is 5.56 Å². The van der Waals surface area contributed by atoms with Gasteiger partial charge in [-0.1, -0.05) is 24.8 Å². The number of thiophene rings is 1. The Labute approximate surface area is 174 Å². The number of thioether (sulfide) groups is 1. The predicted molar refractivity (Wildman–Crippen MR) is 118 cm³/mol. The van der Waals surface area contributed by atoms with Crippen LogP contribution in [0.2, 0.25) is 0 Å². The van der Waals surface area contributed by atoms with Gasteiger partial charge in [0.2, 0.25) is 5.91 Å². The second kappa shape index (κ2) is 8.80. The van der Waals surface area contributed by atoms with Gasteiger partial charge >= 0.3 is 0 Å². The lowest BCUT2D eigenvalue weighted by atomic mass is 10.2. The quantitative estimate of drug-likeness (QED) is 0.409. The van der Waals surface area contributed by atoms with Gasteiger partial charge in [-0.2, -0.15) is 0 Å². The Balaban J connectivity index is 1.86. The number of likely N-dealkylation sites (N-methyl/N-ethyl adjacent to an activating group) is 1. The average Bonchev–Trinajstić information content (AvgIpc) is 2.98. The van der Waals surface area contributed by atoms with Crippen molar-refractivity contribution in [2.75, 3.05) is 32.7 Å². The van der Waals surface area contributed by atoms with Crippen molar-refractivity contribution in [1.82, 2.24) is 19.4 Å². The molecule has 0 bridgehead atoms. The highest BCUT2D eigenvalue weighted by Crippen LogP contribution is 2.30. The average molecular weight is 421 g/mol. The molecule has 8 heteroatoms. The summed E-state index contributed by atoms with van der Waals surface area (Å²) in [6.07, 6.45) is 1.70. The standard InChI is InChI=1S/C20H28N4O2S2/c1-6-8-24-19(26)16-13(3)14(4)27-17(16)21-20(24)28-15(5)18(25)23-11-9-22(7-2)10-12-23/h6,15H,1,7-12H2,2-5H3. The summed E-state index contributed by atoms with van der Waals surface area (Å²) in [6.45, 7) is 16.5. The van der Waals surface area contributed by atoms with Crippen LogP contribution in [-0.2, 0) is 11.3 Å². The van der Waals surface area contributed by atoms with Crippen molar-refractivity contribution in [3.63, 3.8) is 0 Å². The van der Waals surface area contributed by atoms with E-state index in [4.69, 9.17) is 4.98 Å². The third-order valence-corrected chi connectivity index (χ3v) is 7.51. The fraction of sp³-hybridized carbons (Fsp3) is 0.550. The molecule has 6 nitrogen and oxygen atoms in total. The largest absolute Gasteiger partial charge is 0.339 e. The van der Waals surface area contributed by atoms with Crippen LogP contribution in [0.5, 0.6) is 0 Å². The van der Waals surface area contributed by atoms with Crippen LogP contribution in [0.1, 0.15) is 24.3 Å². The highest BCUT2D eigenvalue weighted by molar-refractivity contribution is 8.00. The van der Waals surface area contributed by atoms with Crippen LogP contribution in [0.25, 0.3) is 10.2 Å². The molecular weight excluding hydrogens is 392 g/mol. The first-order valence-corrected chi connectivity index (χ1v) is 11.4. The molecule has 1 atom stereocenters. The molecule has 3 rings (SSSR count). The highest BCUT2D eigenvalue weighted by Gasteiger charge is 2.27. The fourth-order valence-electron chi connectivity index (χ4n) is 3.44. The molecule has 0 aromatic carbocycles. The lowest BCUT2D eigenvalue weighted by Gasteiger charge is -2.35. The maximum Gasteiger partial charge on any atom is 0.263 e. The summed E-state index contributed by atoms with van der Waals surface area (Å²) in [4.78, 5) is 36.9. The molecule has 3 heterocycles. The van der Waals surface area contributed by atoms with Crippen molar-refractivity contribution < 1.29 is 4.79 Å². The molecule has 1 aliphatic heterocycles. The maximum atomic E-state index is 13.1. The number of hydrogen-bond donors (Lipinski definition) is 0. The predicted octanol–water partition coefficient (Wildman–Crippen LogP) is 2.91. The lowest BCUT2D eigenvalue weighted by molar-refractivity contribution is -0.132. The minimum absolute atomic E-state index is 0.0505. The number of carbonyl (C=O) groups excluding carboxylic acids is 1. The van der Waals surface area contributed by atoms with Crippen molar-refractivity contribution in [2.24, 2.45) is 0 Å². The Kier molecular flexibility index (Phi) is 6.62. The van der Waals surface area contributed by atoms with Gasteiger partial charge in [0.1, 0.15) is 4.83 Å². The van der Waals surface area contributed by atoms with Crippen molar-refractivity contribution >= 4 is 39.2 Å². The molecule has 0 aliphatic carbocycles. The van der Waals surface area contributed by atoms with E-state index >= 15 is 0 Å². The summed E-state index contributed by atoms with van der Waals surface area (Å²) in [5.41, 5.74) is 0.940. The molecular formula is C20H28N4O2S2. The third-order valence-electron chi connectivity index (χ3n) is 5.33. The molecule has 2 aromatic rings. The number of rotatable bonds is 6. The second-order valence-corrected chi connectivity index (χ2v) is 9.59. The number of aryl methyl sites for hydroxylation is 2. The zero-order valence-electron chi connectivity index (χ0n) is 17.0. The van der Waals surface area contributed by atoms with Gasteiger partial charge < -0.3 is 9.80 Å². The molecule has 1 fully saturated rings. The van der Waals surface area contributed by atoms with Crippen molar-refractivity contribution in [3.8, 4) is 0 Å². The molecule has 1 saturated heterocycles. The number of allylic oxidation sites excluding steroid dienone is 1. The SMILES string of the molecule is C=CCn1c(SC(C)C(=O)N2CCN(CC)CC2)nc2sc(C)c(C)c2c1=O. The first kappa shape index (κ1) is 21.1. The summed E-state index contributed by atoms with van der Waals surface area (Å²) in [5.74, 6) is 0.110. The first-order chi connectivity index (χ1) is 13.4. The molecule has 28 heavy (non-hydrogen) atoms. The zero-order valence-corrected chi connectivity index (χ0v) is 18.7. The minimum Gasteiger partial charge on any atom is -0.339 e. The van der Waals surface area contributed by atoms with E-state index in [9.17, 15) is 9.59 Å². The first-order valence-electron chi connectivity index (χ1n) is 9.66. The van der Waals surface area contributed by atoms with E-state index in [-0.39, 0.29) is 16.7 Å². The van der Waals surface area contributed by atoms with E-state index in [1.807, 2.05) is 25.7 Å². The molecule has 0 radical (unpaired) electrons. The van der Waals surface area contributed by atoms with Crippen LogP contribution >= 0.6 is 23.1 Å². The summed E-state index contributed by atoms with van der Waals surface area (Å²) < 4.78 is 1.64. The number of piperazine rings is 1. The number of amides is 1. The normalized spacial score (nSPS) is 16.5. The van der Waals surface area contributed by atoms with E-state index in [0.717, 1.165) is 48.0 Å². The third kappa shape index (κ3) is 4.04. The van der Waals surface area contributed by atoms with E-state index < -0.39 is 0 Å². The van der Waals surface area contributed by atoms with Gasteiger partial charge in [-0.15, -0.1) is 17.9 Å². The number of nitrogens with zero attached hydrogens (tertiary/aromatic N) is 4. The van der Waals surface area contributed by atoms with Crippen LogP contribution in [0, 0.1) is 13.8 Å². The van der Waals surface area contributed by atoms with E-state index in [1.54, 1.807) is 10.6 Å². The van der Waals surface area contributed by atoms with Gasteiger partial charge in [0.25, 0.3) is 5.56 Å². The Morgan fingerprint density at radius 2 is 2.00 bits per heavy atom. The Hall–Kier alpha value is -1.64. The van der Waals surface area contributed by atoms with Crippen LogP contribution in [0.15, 0.2) is 22.6 Å². The van der Waals surface area contributed by atoms with Crippen molar-refractivity contribution in [1.29, 1.82) is 0 Å². The van der Waals surface area contributed by atoms with E-state index in [1.165, 1.54) is 23.1 Å². The molecule has 0 N–H and O–H groups in total. The van der Waals surface area contributed by atoms with Gasteiger partial charge in [-0.05, 0) is 32.9 Å². The van der Waals surface area contributed by atoms with Crippen molar-refractivity contribution in [3.05, 3.63) is 33.4 Å². The zero-order chi connectivity index (χ0) is 20.4. The number of aromatic nitrogens is 2. The van der Waals surface area contributed by atoms with Gasteiger partial charge in [-0.25, -0.2) is 4.98 Å². The lowest BCUT2D eigenvalue weighted by Crippen LogP contribution is -2.50. The van der Waals surface area contributed by atoms with Gasteiger partial charge in [0.05, 0.1) is 10.6 Å². The number of carbonyl (C=O) groups is 1. The molecule has 1 amide bonds. The smallest absolute Gasteiger partial charge is 0.263 e. The minimum atomic E-state index is -0.296. The molecule has 1 unspecified atom stereocenters. The summed E-state index contributed by atoms with van der Waals surface area (Å²) in [5, 5.41) is 0.978. The fourth-order valence-corrected chi connectivity index (χ4v) is 5.51. The van der Waals surface area contributed by atoms with Crippen molar-refractivity contribution in [2.45, 2.75) is 44.6 Å².